The van der Waals surface area contributed by atoms with Gasteiger partial charge < -0.3 is 0 Å². The quantitative estimate of drug-likeness (QED) is 0.555. The van der Waals surface area contributed by atoms with Gasteiger partial charge in [0.25, 0.3) is 0 Å². The zero-order valence-electron chi connectivity index (χ0n) is 15.7. The van der Waals surface area contributed by atoms with E-state index in [4.69, 9.17) is 0 Å². The van der Waals surface area contributed by atoms with E-state index in [2.05, 4.69) is 9.97 Å². The van der Waals surface area contributed by atoms with Gasteiger partial charge in [0.2, 0.25) is 23.6 Å². The third-order valence-corrected chi connectivity index (χ3v) is 6.85. The summed E-state index contributed by atoms with van der Waals surface area (Å²) in [4.78, 5) is 63.5. The van der Waals surface area contributed by atoms with Gasteiger partial charge in [0.1, 0.15) is 0 Å². The van der Waals surface area contributed by atoms with Gasteiger partial charge in [-0.15, -0.1) is 0 Å². The van der Waals surface area contributed by atoms with Crippen LogP contribution in [-0.2, 0) is 19.2 Å². The van der Waals surface area contributed by atoms with Crippen molar-refractivity contribution in [3.8, 4) is 0 Å². The maximum absolute atomic E-state index is 13.3. The van der Waals surface area contributed by atoms with Crippen molar-refractivity contribution in [2.45, 2.75) is 0 Å². The second-order valence-electron chi connectivity index (χ2n) is 8.08. The standard InChI is InChI=1S/C22H16N4O4/c27-19-15-13-1-2-14(17(15)21(29)25(19)11-3-7-23-8-4-11)18-16(13)20(28)26(22(18)30)12-5-9-24-10-6-12/h1-10,13-18H/t13?,14?,15-,16+,17-,18+. The molecular formula is C22H16N4O4. The Balaban J connectivity index is 1.42. The van der Waals surface area contributed by atoms with Gasteiger partial charge in [-0.3, -0.25) is 29.1 Å². The van der Waals surface area contributed by atoms with Gasteiger partial charge in [-0.1, -0.05) is 12.2 Å². The van der Waals surface area contributed by atoms with Crippen molar-refractivity contribution in [1.82, 2.24) is 9.97 Å². The molecule has 0 aromatic carbocycles. The van der Waals surface area contributed by atoms with Crippen LogP contribution < -0.4 is 9.80 Å². The zero-order chi connectivity index (χ0) is 20.6. The molecule has 8 nitrogen and oxygen atoms in total. The molecule has 7 rings (SSSR count). The van der Waals surface area contributed by atoms with Crippen LogP contribution in [0, 0.1) is 35.5 Å². The first-order valence-electron chi connectivity index (χ1n) is 9.83. The number of nitrogens with zero attached hydrogens (tertiary/aromatic N) is 4. The maximum atomic E-state index is 13.3. The first-order valence-corrected chi connectivity index (χ1v) is 9.83. The van der Waals surface area contributed by atoms with Crippen molar-refractivity contribution >= 4 is 35.0 Å². The van der Waals surface area contributed by atoms with Crippen molar-refractivity contribution in [1.29, 1.82) is 0 Å². The third kappa shape index (κ3) is 2.00. The Morgan fingerprint density at radius 2 is 0.833 bits per heavy atom. The van der Waals surface area contributed by atoms with Crippen LogP contribution in [-0.4, -0.2) is 33.6 Å². The molecule has 4 heterocycles. The molecule has 2 aromatic rings. The number of amides is 4. The van der Waals surface area contributed by atoms with Gasteiger partial charge >= 0.3 is 0 Å². The molecule has 0 spiro atoms. The fourth-order valence-electron chi connectivity index (χ4n) is 5.72. The highest BCUT2D eigenvalue weighted by Gasteiger charge is 2.68. The molecule has 2 aromatic heterocycles. The minimum absolute atomic E-state index is 0.309. The number of allylic oxidation sites excluding steroid dienone is 2. The molecule has 8 heteroatoms. The summed E-state index contributed by atoms with van der Waals surface area (Å²) in [5.74, 6) is -4.70. The number of pyridine rings is 2. The van der Waals surface area contributed by atoms with Gasteiger partial charge in [-0.25, -0.2) is 9.80 Å². The molecule has 30 heavy (non-hydrogen) atoms. The van der Waals surface area contributed by atoms with E-state index in [1.165, 1.54) is 34.6 Å². The largest absolute Gasteiger partial charge is 0.274 e. The molecule has 1 saturated carbocycles. The van der Waals surface area contributed by atoms with Crippen molar-refractivity contribution in [3.05, 3.63) is 61.2 Å². The Labute approximate surface area is 171 Å². The number of carbonyl (C=O) groups is 4. The van der Waals surface area contributed by atoms with E-state index in [0.717, 1.165) is 0 Å². The van der Waals surface area contributed by atoms with Crippen molar-refractivity contribution in [2.24, 2.45) is 35.5 Å². The molecule has 3 aliphatic carbocycles. The van der Waals surface area contributed by atoms with E-state index < -0.39 is 35.5 Å². The van der Waals surface area contributed by atoms with Gasteiger partial charge in [0, 0.05) is 36.6 Å². The number of rotatable bonds is 2. The van der Waals surface area contributed by atoms with Crippen LogP contribution >= 0.6 is 0 Å². The minimum Gasteiger partial charge on any atom is -0.274 e. The summed E-state index contributed by atoms with van der Waals surface area (Å²) >= 11 is 0. The smallest absolute Gasteiger partial charge is 0.238 e. The van der Waals surface area contributed by atoms with Crippen molar-refractivity contribution in [3.63, 3.8) is 0 Å². The molecule has 6 atom stereocenters. The number of carbonyl (C=O) groups excluding carboxylic acids is 4. The van der Waals surface area contributed by atoms with Crippen LogP contribution in [0.1, 0.15) is 0 Å². The molecule has 0 radical (unpaired) electrons. The molecule has 0 N–H and O–H groups in total. The Bertz CT molecular complexity index is 999. The lowest BCUT2D eigenvalue weighted by Crippen LogP contribution is -2.50. The number of imide groups is 2. The second kappa shape index (κ2) is 5.91. The van der Waals surface area contributed by atoms with Crippen molar-refractivity contribution < 1.29 is 19.2 Å². The van der Waals surface area contributed by atoms with E-state index in [1.54, 1.807) is 24.3 Å². The average Bonchev–Trinajstić information content (AvgIpc) is 3.22. The summed E-state index contributed by atoms with van der Waals surface area (Å²) in [5.41, 5.74) is 0.935. The molecule has 2 aliphatic heterocycles. The van der Waals surface area contributed by atoms with Gasteiger partial charge in [0.15, 0.2) is 0 Å². The fourth-order valence-corrected chi connectivity index (χ4v) is 5.72. The highest BCUT2D eigenvalue weighted by atomic mass is 16.2. The lowest BCUT2D eigenvalue weighted by atomic mass is 9.54. The lowest BCUT2D eigenvalue weighted by Gasteiger charge is -2.44. The Morgan fingerprint density at radius 1 is 0.533 bits per heavy atom. The monoisotopic (exact) mass is 400 g/mol. The number of aromatic nitrogens is 2. The first kappa shape index (κ1) is 17.2. The normalized spacial score (nSPS) is 34.0. The maximum Gasteiger partial charge on any atom is 0.238 e. The van der Waals surface area contributed by atoms with Gasteiger partial charge in [0.05, 0.1) is 35.0 Å². The van der Waals surface area contributed by atoms with Crippen LogP contribution in [0.2, 0.25) is 0 Å². The van der Waals surface area contributed by atoms with Gasteiger partial charge in [-0.2, -0.15) is 0 Å². The highest BCUT2D eigenvalue weighted by Crippen LogP contribution is 2.58. The Hall–Kier alpha value is -3.68. The van der Waals surface area contributed by atoms with Gasteiger partial charge in [-0.05, 0) is 24.3 Å². The van der Waals surface area contributed by atoms with E-state index >= 15 is 0 Å². The summed E-state index contributed by atoms with van der Waals surface area (Å²) in [6.07, 6.45) is 9.82. The van der Waals surface area contributed by atoms with Crippen LogP contribution in [0.15, 0.2) is 61.2 Å². The topological polar surface area (TPSA) is 101 Å². The van der Waals surface area contributed by atoms with Crippen LogP contribution in [0.3, 0.4) is 0 Å². The number of hydrogen-bond donors (Lipinski definition) is 0. The molecule has 2 saturated heterocycles. The summed E-state index contributed by atoms with van der Waals surface area (Å²) < 4.78 is 0. The minimum atomic E-state index is -0.629. The number of anilines is 2. The van der Waals surface area contributed by atoms with E-state index in [9.17, 15) is 19.2 Å². The Morgan fingerprint density at radius 3 is 1.13 bits per heavy atom. The summed E-state index contributed by atoms with van der Waals surface area (Å²) in [7, 11) is 0. The molecule has 2 bridgehead atoms. The van der Waals surface area contributed by atoms with E-state index in [1.807, 2.05) is 12.2 Å². The fraction of sp³-hybridized carbons (Fsp3) is 0.273. The van der Waals surface area contributed by atoms with Crippen LogP contribution in [0.5, 0.6) is 0 Å². The zero-order valence-corrected chi connectivity index (χ0v) is 15.7. The molecule has 5 aliphatic rings. The van der Waals surface area contributed by atoms with Crippen LogP contribution in [0.25, 0.3) is 0 Å². The van der Waals surface area contributed by atoms with Crippen molar-refractivity contribution in [2.75, 3.05) is 9.80 Å². The van der Waals surface area contributed by atoms with E-state index in [0.29, 0.717) is 11.4 Å². The molecule has 3 fully saturated rings. The highest BCUT2D eigenvalue weighted by molar-refractivity contribution is 6.26. The summed E-state index contributed by atoms with van der Waals surface area (Å²) in [6, 6.07) is 6.46. The van der Waals surface area contributed by atoms with E-state index in [-0.39, 0.29) is 23.6 Å². The molecular weight excluding hydrogens is 384 g/mol. The predicted octanol–water partition coefficient (Wildman–Crippen LogP) is 1.20. The van der Waals surface area contributed by atoms with Crippen LogP contribution in [0.4, 0.5) is 11.4 Å². The first-order chi connectivity index (χ1) is 14.6. The average molecular weight is 400 g/mol. The summed E-state index contributed by atoms with van der Waals surface area (Å²) in [5, 5.41) is 0. The molecule has 4 amide bonds. The predicted molar refractivity (Wildman–Crippen MR) is 104 cm³/mol. The Kier molecular flexibility index (Phi) is 3.39. The SMILES string of the molecule is O=C1[C@@H]2C3C=CC([C@H]2C(=O)N1c1ccncc1)[C@@H]1C(=O)N(c2ccncc2)C(=O)[C@@H]31. The lowest BCUT2D eigenvalue weighted by molar-refractivity contribution is -0.137. The molecule has 2 unspecified atom stereocenters. The number of hydrogen-bond acceptors (Lipinski definition) is 6. The summed E-state index contributed by atoms with van der Waals surface area (Å²) in [6.45, 7) is 0. The second-order valence-corrected chi connectivity index (χ2v) is 8.08. The molecule has 148 valence electrons. The third-order valence-electron chi connectivity index (χ3n) is 6.85.